The van der Waals surface area contributed by atoms with E-state index in [0.717, 1.165) is 0 Å². The highest BCUT2D eigenvalue weighted by Crippen LogP contribution is 2.27. The number of aromatic nitrogens is 1. The van der Waals surface area contributed by atoms with Crippen LogP contribution >= 0.6 is 15.9 Å². The zero-order valence-electron chi connectivity index (χ0n) is 9.15. The number of nitrogens with zero attached hydrogens (tertiary/aromatic N) is 1. The second kappa shape index (κ2) is 5.41. The first-order valence-corrected chi connectivity index (χ1v) is 5.75. The van der Waals surface area contributed by atoms with Crippen molar-refractivity contribution in [2.75, 3.05) is 0 Å². The Labute approximate surface area is 114 Å². The summed E-state index contributed by atoms with van der Waals surface area (Å²) >= 11 is 2.50. The van der Waals surface area contributed by atoms with Gasteiger partial charge in [-0.25, -0.2) is 17.6 Å². The average molecular weight is 330 g/mol. The molecule has 0 radical (unpaired) electrons. The van der Waals surface area contributed by atoms with Crippen LogP contribution in [0.25, 0.3) is 0 Å². The fourth-order valence-corrected chi connectivity index (χ4v) is 1.66. The summed E-state index contributed by atoms with van der Waals surface area (Å²) in [4.78, 5) is 3.76. The quantitative estimate of drug-likeness (QED) is 0.310. The van der Waals surface area contributed by atoms with Gasteiger partial charge >= 0.3 is 0 Å². The van der Waals surface area contributed by atoms with Crippen molar-refractivity contribution in [2.24, 2.45) is 0 Å². The Balaban J connectivity index is 2.57. The molecule has 19 heavy (non-hydrogen) atoms. The molecule has 0 unspecified atom stereocenters. The molecule has 0 aliphatic carbocycles. The summed E-state index contributed by atoms with van der Waals surface area (Å²) < 4.78 is 52.4. The van der Waals surface area contributed by atoms with Gasteiger partial charge in [0.05, 0.1) is 4.47 Å². The predicted octanol–water partition coefficient (Wildman–Crippen LogP) is 3.80. The monoisotopic (exact) mass is 329 g/mol. The van der Waals surface area contributed by atoms with Gasteiger partial charge in [0, 0.05) is 18.0 Å². The van der Waals surface area contributed by atoms with E-state index in [2.05, 4.69) is 32.8 Å². The summed E-state index contributed by atoms with van der Waals surface area (Å²) in [6.45, 7) is 0. The van der Waals surface area contributed by atoms with Crippen LogP contribution < -0.4 is 0 Å². The molecular weight excluding hydrogens is 326 g/mol. The molecule has 96 valence electrons. The highest BCUT2D eigenvalue weighted by atomic mass is 79.9. The molecule has 0 amide bonds. The van der Waals surface area contributed by atoms with Crippen molar-refractivity contribution in [3.05, 3.63) is 63.4 Å². The van der Waals surface area contributed by atoms with Gasteiger partial charge in [0.15, 0.2) is 23.3 Å². The molecular formula is C13H4BrF4N. The molecule has 0 saturated carbocycles. The molecule has 1 heterocycles. The van der Waals surface area contributed by atoms with Crippen molar-refractivity contribution in [3.8, 4) is 11.8 Å². The van der Waals surface area contributed by atoms with E-state index in [1.807, 2.05) is 0 Å². The van der Waals surface area contributed by atoms with Gasteiger partial charge in [0.25, 0.3) is 0 Å². The van der Waals surface area contributed by atoms with Gasteiger partial charge in [0.2, 0.25) is 0 Å². The predicted molar refractivity (Wildman–Crippen MR) is 64.2 cm³/mol. The summed E-state index contributed by atoms with van der Waals surface area (Å²) in [5.74, 6) is -1.80. The summed E-state index contributed by atoms with van der Waals surface area (Å²) in [6.07, 6.45) is 2.87. The van der Waals surface area contributed by atoms with E-state index in [-0.39, 0.29) is 0 Å². The standard InChI is InChI=1S/C13H4BrF4N/c14-9-10(15)8(11(16)13(18)12(9)17)4-3-7-2-1-5-19-6-7/h1-2,5-6H. The maximum absolute atomic E-state index is 13.6. The molecule has 0 fully saturated rings. The van der Waals surface area contributed by atoms with Crippen molar-refractivity contribution < 1.29 is 17.6 Å². The number of pyridine rings is 1. The number of halogens is 5. The van der Waals surface area contributed by atoms with Crippen LogP contribution in [0.3, 0.4) is 0 Å². The highest BCUT2D eigenvalue weighted by molar-refractivity contribution is 9.10. The van der Waals surface area contributed by atoms with Gasteiger partial charge in [-0.2, -0.15) is 0 Å². The number of hydrogen-bond acceptors (Lipinski definition) is 1. The van der Waals surface area contributed by atoms with E-state index in [4.69, 9.17) is 0 Å². The van der Waals surface area contributed by atoms with Gasteiger partial charge < -0.3 is 0 Å². The van der Waals surface area contributed by atoms with E-state index >= 15 is 0 Å². The smallest absolute Gasteiger partial charge is 0.197 e. The molecule has 1 aromatic heterocycles. The van der Waals surface area contributed by atoms with Gasteiger partial charge in [-0.15, -0.1) is 0 Å². The summed E-state index contributed by atoms with van der Waals surface area (Å²) in [7, 11) is 0. The molecule has 0 atom stereocenters. The van der Waals surface area contributed by atoms with Crippen LogP contribution in [0.1, 0.15) is 11.1 Å². The van der Waals surface area contributed by atoms with E-state index < -0.39 is 33.3 Å². The average Bonchev–Trinajstić information content (AvgIpc) is 2.44. The normalized spacial score (nSPS) is 9.95. The molecule has 6 heteroatoms. The lowest BCUT2D eigenvalue weighted by atomic mass is 10.1. The number of rotatable bonds is 0. The lowest BCUT2D eigenvalue weighted by molar-refractivity contribution is 0.427. The Morgan fingerprint density at radius 3 is 2.32 bits per heavy atom. The van der Waals surface area contributed by atoms with Gasteiger partial charge in [-0.05, 0) is 28.1 Å². The Bertz CT molecular complexity index is 660. The maximum atomic E-state index is 13.6. The number of hydrogen-bond donors (Lipinski definition) is 0. The minimum atomic E-state index is -1.77. The molecule has 0 spiro atoms. The third-order valence-electron chi connectivity index (χ3n) is 2.20. The fourth-order valence-electron chi connectivity index (χ4n) is 1.29. The summed E-state index contributed by atoms with van der Waals surface area (Å²) in [6, 6.07) is 3.14. The third-order valence-corrected chi connectivity index (χ3v) is 2.90. The maximum Gasteiger partial charge on any atom is 0.197 e. The van der Waals surface area contributed by atoms with Gasteiger partial charge in [-0.1, -0.05) is 11.8 Å². The highest BCUT2D eigenvalue weighted by Gasteiger charge is 2.22. The van der Waals surface area contributed by atoms with E-state index in [1.54, 1.807) is 12.1 Å². The van der Waals surface area contributed by atoms with Crippen molar-refractivity contribution in [1.29, 1.82) is 0 Å². The van der Waals surface area contributed by atoms with Crippen molar-refractivity contribution >= 4 is 15.9 Å². The zero-order valence-corrected chi connectivity index (χ0v) is 10.7. The lowest BCUT2D eigenvalue weighted by Gasteiger charge is -2.03. The van der Waals surface area contributed by atoms with E-state index in [1.165, 1.54) is 12.4 Å². The largest absolute Gasteiger partial charge is 0.263 e. The molecule has 0 saturated heterocycles. The molecule has 1 nitrogen and oxygen atoms in total. The topological polar surface area (TPSA) is 12.9 Å². The zero-order chi connectivity index (χ0) is 14.0. The van der Waals surface area contributed by atoms with Gasteiger partial charge in [-0.3, -0.25) is 4.98 Å². The van der Waals surface area contributed by atoms with Crippen molar-refractivity contribution in [2.45, 2.75) is 0 Å². The second-order valence-electron chi connectivity index (χ2n) is 3.44. The fraction of sp³-hybridized carbons (Fsp3) is 0. The first-order chi connectivity index (χ1) is 9.02. The minimum absolute atomic E-state index is 0.391. The Morgan fingerprint density at radius 2 is 1.68 bits per heavy atom. The van der Waals surface area contributed by atoms with Crippen LogP contribution in [0, 0.1) is 35.1 Å². The molecule has 1 aromatic carbocycles. The summed E-state index contributed by atoms with van der Waals surface area (Å²) in [5, 5.41) is 0. The minimum Gasteiger partial charge on any atom is -0.263 e. The van der Waals surface area contributed by atoms with Crippen LogP contribution in [0.4, 0.5) is 17.6 Å². The second-order valence-corrected chi connectivity index (χ2v) is 4.23. The lowest BCUT2D eigenvalue weighted by Crippen LogP contribution is -2.01. The molecule has 2 rings (SSSR count). The molecule has 0 aliphatic heterocycles. The Morgan fingerprint density at radius 1 is 0.947 bits per heavy atom. The molecule has 0 N–H and O–H groups in total. The summed E-state index contributed by atoms with van der Waals surface area (Å²) in [5.41, 5.74) is -0.447. The first kappa shape index (κ1) is 13.6. The van der Waals surface area contributed by atoms with Crippen LogP contribution in [0.15, 0.2) is 29.0 Å². The Hall–Kier alpha value is -1.87. The van der Waals surface area contributed by atoms with Crippen LogP contribution in [-0.2, 0) is 0 Å². The molecule has 0 aliphatic rings. The van der Waals surface area contributed by atoms with Crippen molar-refractivity contribution in [3.63, 3.8) is 0 Å². The number of benzene rings is 1. The SMILES string of the molecule is Fc1c(F)c(Br)c(F)c(C#Cc2cccnc2)c1F. The molecule has 0 bridgehead atoms. The van der Waals surface area contributed by atoms with E-state index in [9.17, 15) is 17.6 Å². The van der Waals surface area contributed by atoms with Crippen LogP contribution in [0.5, 0.6) is 0 Å². The first-order valence-electron chi connectivity index (χ1n) is 4.96. The Kier molecular flexibility index (Phi) is 3.86. The van der Waals surface area contributed by atoms with Crippen LogP contribution in [0.2, 0.25) is 0 Å². The van der Waals surface area contributed by atoms with E-state index in [0.29, 0.717) is 5.56 Å². The molecule has 2 aromatic rings. The van der Waals surface area contributed by atoms with Crippen LogP contribution in [-0.4, -0.2) is 4.98 Å². The van der Waals surface area contributed by atoms with Crippen molar-refractivity contribution in [1.82, 2.24) is 4.98 Å². The third kappa shape index (κ3) is 2.61. The van der Waals surface area contributed by atoms with Gasteiger partial charge in [0.1, 0.15) is 5.56 Å².